The Bertz CT molecular complexity index is 382. The van der Waals surface area contributed by atoms with Crippen molar-refractivity contribution in [1.29, 1.82) is 0 Å². The molecule has 0 bridgehead atoms. The summed E-state index contributed by atoms with van der Waals surface area (Å²) < 4.78 is 44.7. The average molecular weight is 285 g/mol. The second kappa shape index (κ2) is 6.82. The number of halogens is 4. The zero-order valence-electron chi connectivity index (χ0n) is 9.34. The van der Waals surface area contributed by atoms with Gasteiger partial charge in [-0.1, -0.05) is 17.7 Å². The van der Waals surface area contributed by atoms with Crippen LogP contribution in [0.1, 0.15) is 5.56 Å². The molecule has 0 unspecified atom stereocenters. The van der Waals surface area contributed by atoms with Crippen LogP contribution in [0.5, 0.6) is 5.75 Å². The van der Waals surface area contributed by atoms with Crippen LogP contribution in [0, 0.1) is 0 Å². The first-order valence-corrected chi connectivity index (χ1v) is 5.47. The van der Waals surface area contributed by atoms with Crippen molar-refractivity contribution in [2.45, 2.75) is 12.8 Å². The quantitative estimate of drug-likeness (QED) is 0.817. The molecule has 0 fully saturated rings. The van der Waals surface area contributed by atoms with E-state index in [-0.39, 0.29) is 24.8 Å². The van der Waals surface area contributed by atoms with Crippen molar-refractivity contribution in [3.63, 3.8) is 0 Å². The summed E-state index contributed by atoms with van der Waals surface area (Å²) in [6, 6.07) is 4.67. The minimum absolute atomic E-state index is 0.0335. The molecular formula is C11H12ClF3O3. The van der Waals surface area contributed by atoms with Crippen LogP contribution in [0.3, 0.4) is 0 Å². The van der Waals surface area contributed by atoms with Gasteiger partial charge in [0.05, 0.1) is 18.2 Å². The van der Waals surface area contributed by atoms with Crippen LogP contribution < -0.4 is 4.74 Å². The van der Waals surface area contributed by atoms with Crippen LogP contribution in [-0.2, 0) is 11.3 Å². The largest absolute Gasteiger partial charge is 0.490 e. The predicted octanol–water partition coefficient (Wildman–Crippen LogP) is 2.79. The molecule has 0 amide bonds. The highest BCUT2D eigenvalue weighted by atomic mass is 35.5. The van der Waals surface area contributed by atoms with Crippen LogP contribution in [0.2, 0.25) is 5.02 Å². The normalized spacial score (nSPS) is 11.6. The SMILES string of the molecule is OCc1ccc(OCCOCC(F)(F)F)c(Cl)c1. The zero-order valence-corrected chi connectivity index (χ0v) is 10.1. The third-order valence-electron chi connectivity index (χ3n) is 1.93. The van der Waals surface area contributed by atoms with E-state index in [1.807, 2.05) is 0 Å². The standard InChI is InChI=1S/C11H12ClF3O3/c12-9-5-8(6-16)1-2-10(9)18-4-3-17-7-11(13,14)15/h1-2,5,16H,3-4,6-7H2. The number of rotatable bonds is 6. The molecule has 0 heterocycles. The number of hydrogen-bond donors (Lipinski definition) is 1. The Morgan fingerprint density at radius 3 is 2.50 bits per heavy atom. The van der Waals surface area contributed by atoms with Gasteiger partial charge in [-0.15, -0.1) is 0 Å². The summed E-state index contributed by atoms with van der Waals surface area (Å²) in [7, 11) is 0. The van der Waals surface area contributed by atoms with E-state index in [4.69, 9.17) is 21.4 Å². The number of aliphatic hydroxyl groups excluding tert-OH is 1. The van der Waals surface area contributed by atoms with E-state index >= 15 is 0 Å². The third kappa shape index (κ3) is 5.57. The summed E-state index contributed by atoms with van der Waals surface area (Å²) in [4.78, 5) is 0. The Kier molecular flexibility index (Phi) is 5.71. The highest BCUT2D eigenvalue weighted by Gasteiger charge is 2.27. The van der Waals surface area contributed by atoms with E-state index in [0.29, 0.717) is 11.3 Å². The van der Waals surface area contributed by atoms with Crippen LogP contribution >= 0.6 is 11.6 Å². The lowest BCUT2D eigenvalue weighted by Crippen LogP contribution is -2.19. The smallest absolute Gasteiger partial charge is 0.411 e. The second-order valence-corrected chi connectivity index (χ2v) is 3.85. The van der Waals surface area contributed by atoms with Gasteiger partial charge in [-0.2, -0.15) is 13.2 Å². The molecule has 1 rings (SSSR count). The molecule has 1 aromatic rings. The van der Waals surface area contributed by atoms with Gasteiger partial charge in [0, 0.05) is 0 Å². The lowest BCUT2D eigenvalue weighted by atomic mass is 10.2. The highest BCUT2D eigenvalue weighted by molar-refractivity contribution is 6.32. The van der Waals surface area contributed by atoms with Crippen molar-refractivity contribution in [2.24, 2.45) is 0 Å². The van der Waals surface area contributed by atoms with E-state index in [9.17, 15) is 13.2 Å². The fourth-order valence-corrected chi connectivity index (χ4v) is 1.42. The maximum absolute atomic E-state index is 11.7. The first-order chi connectivity index (χ1) is 8.42. The summed E-state index contributed by atoms with van der Waals surface area (Å²) in [6.07, 6.45) is -4.33. The molecule has 0 spiro atoms. The number of hydrogen-bond acceptors (Lipinski definition) is 3. The third-order valence-corrected chi connectivity index (χ3v) is 2.23. The minimum Gasteiger partial charge on any atom is -0.490 e. The van der Waals surface area contributed by atoms with E-state index in [1.54, 1.807) is 6.07 Å². The minimum atomic E-state index is -4.33. The summed E-state index contributed by atoms with van der Waals surface area (Å²) in [5, 5.41) is 9.14. The molecule has 18 heavy (non-hydrogen) atoms. The Balaban J connectivity index is 2.31. The molecule has 1 aromatic carbocycles. The lowest BCUT2D eigenvalue weighted by molar-refractivity contribution is -0.175. The molecule has 3 nitrogen and oxygen atoms in total. The molecule has 0 aromatic heterocycles. The number of alkyl halides is 3. The lowest BCUT2D eigenvalue weighted by Gasteiger charge is -2.10. The van der Waals surface area contributed by atoms with Gasteiger partial charge in [0.25, 0.3) is 0 Å². The summed E-state index contributed by atoms with van der Waals surface area (Å²) in [5.74, 6) is 0.337. The van der Waals surface area contributed by atoms with Crippen LogP contribution in [0.4, 0.5) is 13.2 Å². The monoisotopic (exact) mass is 284 g/mol. The molecule has 0 aliphatic heterocycles. The molecule has 0 aliphatic rings. The molecular weight excluding hydrogens is 273 g/mol. The molecule has 0 radical (unpaired) electrons. The van der Waals surface area contributed by atoms with Crippen molar-refractivity contribution in [2.75, 3.05) is 19.8 Å². The van der Waals surface area contributed by atoms with E-state index < -0.39 is 12.8 Å². The predicted molar refractivity (Wildman–Crippen MR) is 59.7 cm³/mol. The second-order valence-electron chi connectivity index (χ2n) is 3.44. The van der Waals surface area contributed by atoms with Crippen molar-refractivity contribution in [3.05, 3.63) is 28.8 Å². The topological polar surface area (TPSA) is 38.7 Å². The van der Waals surface area contributed by atoms with Gasteiger partial charge >= 0.3 is 6.18 Å². The molecule has 0 atom stereocenters. The Labute approximate surface area is 107 Å². The van der Waals surface area contributed by atoms with Gasteiger partial charge in [-0.25, -0.2) is 0 Å². The maximum atomic E-state index is 11.7. The van der Waals surface area contributed by atoms with Gasteiger partial charge in [-0.05, 0) is 17.7 Å². The fourth-order valence-electron chi connectivity index (χ4n) is 1.16. The first kappa shape index (κ1) is 15.1. The fraction of sp³-hybridized carbons (Fsp3) is 0.455. The molecule has 0 aliphatic carbocycles. The first-order valence-electron chi connectivity index (χ1n) is 5.09. The molecule has 0 saturated heterocycles. The summed E-state index contributed by atoms with van der Waals surface area (Å²) in [6.45, 7) is -1.66. The molecule has 0 saturated carbocycles. The Morgan fingerprint density at radius 1 is 1.22 bits per heavy atom. The van der Waals surface area contributed by atoms with Crippen molar-refractivity contribution < 1.29 is 27.8 Å². The number of benzene rings is 1. The van der Waals surface area contributed by atoms with Crippen molar-refractivity contribution in [1.82, 2.24) is 0 Å². The van der Waals surface area contributed by atoms with Crippen LogP contribution in [0.15, 0.2) is 18.2 Å². The van der Waals surface area contributed by atoms with Crippen molar-refractivity contribution >= 4 is 11.6 Å². The Hall–Kier alpha value is -0.980. The zero-order chi connectivity index (χ0) is 13.6. The molecule has 102 valence electrons. The highest BCUT2D eigenvalue weighted by Crippen LogP contribution is 2.25. The van der Waals surface area contributed by atoms with Gasteiger partial charge in [0.2, 0.25) is 0 Å². The Morgan fingerprint density at radius 2 is 1.94 bits per heavy atom. The van der Waals surface area contributed by atoms with Crippen LogP contribution in [-0.4, -0.2) is 31.1 Å². The van der Waals surface area contributed by atoms with Gasteiger partial charge in [-0.3, -0.25) is 0 Å². The summed E-state index contributed by atoms with van der Waals surface area (Å²) >= 11 is 5.84. The molecule has 7 heteroatoms. The summed E-state index contributed by atoms with van der Waals surface area (Å²) in [5.41, 5.74) is 0.626. The van der Waals surface area contributed by atoms with Gasteiger partial charge < -0.3 is 14.6 Å². The number of aliphatic hydroxyl groups is 1. The number of ether oxygens (including phenoxy) is 2. The maximum Gasteiger partial charge on any atom is 0.411 e. The van der Waals surface area contributed by atoms with Crippen LogP contribution in [0.25, 0.3) is 0 Å². The van der Waals surface area contributed by atoms with E-state index in [2.05, 4.69) is 4.74 Å². The van der Waals surface area contributed by atoms with Gasteiger partial charge in [0.15, 0.2) is 0 Å². The van der Waals surface area contributed by atoms with E-state index in [0.717, 1.165) is 0 Å². The average Bonchev–Trinajstić information content (AvgIpc) is 2.29. The van der Waals surface area contributed by atoms with Gasteiger partial charge in [0.1, 0.15) is 19.0 Å². The van der Waals surface area contributed by atoms with Crippen molar-refractivity contribution in [3.8, 4) is 5.75 Å². The molecule has 1 N–H and O–H groups in total. The van der Waals surface area contributed by atoms with E-state index in [1.165, 1.54) is 12.1 Å².